The van der Waals surface area contributed by atoms with Crippen LogP contribution >= 0.6 is 0 Å². The summed E-state index contributed by atoms with van der Waals surface area (Å²) in [6.07, 6.45) is 0.00679. The molecule has 21 heavy (non-hydrogen) atoms. The maximum Gasteiger partial charge on any atom is 0.191 e. The van der Waals surface area contributed by atoms with Gasteiger partial charge in [0.2, 0.25) is 0 Å². The number of hydrogen-bond donors (Lipinski definition) is 2. The number of methoxy groups -OCH3 is 1. The Morgan fingerprint density at radius 3 is 2.29 bits per heavy atom. The van der Waals surface area contributed by atoms with E-state index in [1.807, 2.05) is 6.92 Å². The first-order valence-electron chi connectivity index (χ1n) is 7.41. The molecule has 1 atom stereocenters. The maximum atomic E-state index is 11.5. The Hall–Kier alpha value is -0.820. The lowest BCUT2D eigenvalue weighted by Gasteiger charge is -2.28. The van der Waals surface area contributed by atoms with E-state index in [-0.39, 0.29) is 23.0 Å². The molecular weight excluding hydrogens is 290 g/mol. The van der Waals surface area contributed by atoms with Crippen molar-refractivity contribution in [3.63, 3.8) is 0 Å². The van der Waals surface area contributed by atoms with Crippen LogP contribution in [0.25, 0.3) is 0 Å². The van der Waals surface area contributed by atoms with Crippen molar-refractivity contribution in [1.29, 1.82) is 0 Å². The number of sulfone groups is 1. The van der Waals surface area contributed by atoms with E-state index in [2.05, 4.69) is 36.4 Å². The van der Waals surface area contributed by atoms with Gasteiger partial charge in [0.25, 0.3) is 0 Å². The summed E-state index contributed by atoms with van der Waals surface area (Å²) < 4.78 is 28.4. The summed E-state index contributed by atoms with van der Waals surface area (Å²) in [5, 5.41) is 6.15. The van der Waals surface area contributed by atoms with Gasteiger partial charge in [0.05, 0.1) is 18.4 Å². The fourth-order valence-electron chi connectivity index (χ4n) is 1.69. The van der Waals surface area contributed by atoms with Crippen molar-refractivity contribution >= 4 is 15.8 Å². The SMILES string of the molecule is CCNC(=NCC(OC)C(C)(C)C)NCCS(=O)(=O)CC. The van der Waals surface area contributed by atoms with Crippen molar-refractivity contribution in [3.05, 3.63) is 0 Å². The standard InChI is InChI=1S/C14H31N3O3S/c1-7-15-13(16-9-10-21(18,19)8-2)17-11-12(20-6)14(3,4)5/h12H,7-11H2,1-6H3,(H2,15,16,17). The molecule has 0 aliphatic heterocycles. The van der Waals surface area contributed by atoms with E-state index in [9.17, 15) is 8.42 Å². The van der Waals surface area contributed by atoms with Gasteiger partial charge in [-0.05, 0) is 12.3 Å². The Labute approximate surface area is 129 Å². The van der Waals surface area contributed by atoms with E-state index >= 15 is 0 Å². The van der Waals surface area contributed by atoms with Crippen LogP contribution < -0.4 is 10.6 Å². The second-order valence-corrected chi connectivity index (χ2v) is 8.45. The molecule has 126 valence electrons. The minimum absolute atomic E-state index is 0.00112. The van der Waals surface area contributed by atoms with Crippen LogP contribution in [-0.4, -0.2) is 58.7 Å². The maximum absolute atomic E-state index is 11.5. The highest BCUT2D eigenvalue weighted by atomic mass is 32.2. The van der Waals surface area contributed by atoms with Gasteiger partial charge in [-0.3, -0.25) is 4.99 Å². The van der Waals surface area contributed by atoms with Gasteiger partial charge in [-0.25, -0.2) is 8.42 Å². The summed E-state index contributed by atoms with van der Waals surface area (Å²) in [5.41, 5.74) is 0.00112. The summed E-state index contributed by atoms with van der Waals surface area (Å²) in [6.45, 7) is 11.5. The fraction of sp³-hybridized carbons (Fsp3) is 0.929. The second kappa shape index (κ2) is 9.25. The number of ether oxygens (including phenoxy) is 1. The van der Waals surface area contributed by atoms with Crippen LogP contribution in [0, 0.1) is 5.41 Å². The van der Waals surface area contributed by atoms with E-state index < -0.39 is 9.84 Å². The summed E-state index contributed by atoms with van der Waals surface area (Å²) in [4.78, 5) is 4.47. The minimum atomic E-state index is -2.96. The fourth-order valence-corrected chi connectivity index (χ4v) is 2.39. The Morgan fingerprint density at radius 2 is 1.86 bits per heavy atom. The molecule has 0 saturated heterocycles. The molecule has 7 heteroatoms. The number of nitrogens with zero attached hydrogens (tertiary/aromatic N) is 1. The zero-order valence-corrected chi connectivity index (χ0v) is 15.0. The molecule has 0 aliphatic carbocycles. The van der Waals surface area contributed by atoms with Crippen LogP contribution in [0.5, 0.6) is 0 Å². The smallest absolute Gasteiger partial charge is 0.191 e. The van der Waals surface area contributed by atoms with E-state index in [4.69, 9.17) is 4.74 Å². The first kappa shape index (κ1) is 20.2. The van der Waals surface area contributed by atoms with E-state index in [0.717, 1.165) is 6.54 Å². The predicted octanol–water partition coefficient (Wildman–Crippen LogP) is 1.04. The van der Waals surface area contributed by atoms with E-state index in [1.165, 1.54) is 0 Å². The van der Waals surface area contributed by atoms with E-state index in [0.29, 0.717) is 19.0 Å². The summed E-state index contributed by atoms with van der Waals surface area (Å²) in [7, 11) is -1.28. The molecule has 0 fully saturated rings. The van der Waals surface area contributed by atoms with Gasteiger partial charge in [0.15, 0.2) is 15.8 Å². The summed E-state index contributed by atoms with van der Waals surface area (Å²) in [6, 6.07) is 0. The monoisotopic (exact) mass is 321 g/mol. The third kappa shape index (κ3) is 8.93. The lowest BCUT2D eigenvalue weighted by Crippen LogP contribution is -2.41. The van der Waals surface area contributed by atoms with Gasteiger partial charge >= 0.3 is 0 Å². The van der Waals surface area contributed by atoms with Crippen molar-refractivity contribution < 1.29 is 13.2 Å². The average Bonchev–Trinajstić information content (AvgIpc) is 2.37. The highest BCUT2D eigenvalue weighted by Crippen LogP contribution is 2.21. The number of guanidine groups is 1. The van der Waals surface area contributed by atoms with Crippen molar-refractivity contribution in [3.8, 4) is 0 Å². The van der Waals surface area contributed by atoms with Gasteiger partial charge in [-0.1, -0.05) is 27.7 Å². The molecule has 0 bridgehead atoms. The topological polar surface area (TPSA) is 79.8 Å². The van der Waals surface area contributed by atoms with Gasteiger partial charge in [-0.15, -0.1) is 0 Å². The van der Waals surface area contributed by atoms with Crippen LogP contribution in [0.3, 0.4) is 0 Å². The summed E-state index contributed by atoms with van der Waals surface area (Å²) in [5.74, 6) is 0.897. The largest absolute Gasteiger partial charge is 0.379 e. The van der Waals surface area contributed by atoms with Crippen molar-refractivity contribution in [2.45, 2.75) is 40.7 Å². The van der Waals surface area contributed by atoms with Gasteiger partial charge in [0, 0.05) is 26.0 Å². The van der Waals surface area contributed by atoms with Gasteiger partial charge in [0.1, 0.15) is 0 Å². The Balaban J connectivity index is 4.56. The van der Waals surface area contributed by atoms with Gasteiger partial charge in [-0.2, -0.15) is 0 Å². The number of aliphatic imine (C=N–C) groups is 1. The highest BCUT2D eigenvalue weighted by Gasteiger charge is 2.24. The molecule has 0 heterocycles. The quantitative estimate of drug-likeness (QED) is 0.516. The zero-order valence-electron chi connectivity index (χ0n) is 14.2. The Kier molecular flexibility index (Phi) is 8.89. The van der Waals surface area contributed by atoms with Crippen molar-refractivity contribution in [2.75, 3.05) is 38.2 Å². The van der Waals surface area contributed by atoms with Crippen LogP contribution in [-0.2, 0) is 14.6 Å². The number of rotatable bonds is 8. The molecule has 0 radical (unpaired) electrons. The van der Waals surface area contributed by atoms with Crippen LogP contribution in [0.15, 0.2) is 4.99 Å². The highest BCUT2D eigenvalue weighted by molar-refractivity contribution is 7.91. The van der Waals surface area contributed by atoms with Crippen LogP contribution in [0.1, 0.15) is 34.6 Å². The number of nitrogens with one attached hydrogen (secondary N) is 2. The van der Waals surface area contributed by atoms with Crippen LogP contribution in [0.4, 0.5) is 0 Å². The second-order valence-electron chi connectivity index (χ2n) is 5.97. The third-order valence-electron chi connectivity index (χ3n) is 3.16. The minimum Gasteiger partial charge on any atom is -0.379 e. The van der Waals surface area contributed by atoms with Crippen LogP contribution in [0.2, 0.25) is 0 Å². The normalized spacial score (nSPS) is 14.9. The molecular formula is C14H31N3O3S. The molecule has 0 rings (SSSR count). The molecule has 2 N–H and O–H groups in total. The third-order valence-corrected chi connectivity index (χ3v) is 4.86. The summed E-state index contributed by atoms with van der Waals surface area (Å²) >= 11 is 0. The molecule has 0 aromatic rings. The Morgan fingerprint density at radius 1 is 1.24 bits per heavy atom. The molecule has 6 nitrogen and oxygen atoms in total. The molecule has 0 aromatic heterocycles. The van der Waals surface area contributed by atoms with E-state index in [1.54, 1.807) is 14.0 Å². The van der Waals surface area contributed by atoms with Crippen molar-refractivity contribution in [1.82, 2.24) is 10.6 Å². The van der Waals surface area contributed by atoms with Crippen molar-refractivity contribution in [2.24, 2.45) is 10.4 Å². The number of hydrogen-bond acceptors (Lipinski definition) is 4. The molecule has 0 spiro atoms. The zero-order chi connectivity index (χ0) is 16.5. The first-order chi connectivity index (χ1) is 9.66. The predicted molar refractivity (Wildman–Crippen MR) is 88.6 cm³/mol. The van der Waals surface area contributed by atoms with Gasteiger partial charge < -0.3 is 15.4 Å². The molecule has 0 saturated carbocycles. The lowest BCUT2D eigenvalue weighted by atomic mass is 9.89. The Bertz CT molecular complexity index is 414. The molecule has 0 aliphatic rings. The average molecular weight is 321 g/mol. The molecule has 1 unspecified atom stereocenters. The molecule has 0 aromatic carbocycles. The first-order valence-corrected chi connectivity index (χ1v) is 9.23. The molecule has 0 amide bonds. The lowest BCUT2D eigenvalue weighted by molar-refractivity contribution is 0.0241.